The van der Waals surface area contributed by atoms with Crippen molar-refractivity contribution >= 4 is 11.0 Å². The molecule has 4 nitrogen and oxygen atoms in total. The van der Waals surface area contributed by atoms with Crippen molar-refractivity contribution in [3.63, 3.8) is 0 Å². The molecule has 4 heteroatoms. The number of nitrogens with zero attached hydrogens (tertiary/aromatic N) is 2. The lowest BCUT2D eigenvalue weighted by Crippen LogP contribution is -2.28. The summed E-state index contributed by atoms with van der Waals surface area (Å²) in [7, 11) is 2.04. The quantitative estimate of drug-likeness (QED) is 0.735. The zero-order chi connectivity index (χ0) is 16.2. The Balaban J connectivity index is 1.60. The highest BCUT2D eigenvalue weighted by atomic mass is 16.3. The summed E-state index contributed by atoms with van der Waals surface area (Å²) >= 11 is 0. The summed E-state index contributed by atoms with van der Waals surface area (Å²) in [5, 5.41) is 13.8. The number of aliphatic hydroxyl groups is 1. The average Bonchev–Trinajstić information content (AvgIpc) is 2.90. The van der Waals surface area contributed by atoms with E-state index in [9.17, 15) is 5.11 Å². The van der Waals surface area contributed by atoms with Crippen LogP contribution in [0.15, 0.2) is 54.6 Å². The molecule has 0 aliphatic carbocycles. The fraction of sp³-hybridized carbons (Fsp3) is 0.316. The number of para-hydroxylation sites is 2. The van der Waals surface area contributed by atoms with E-state index < -0.39 is 6.10 Å². The van der Waals surface area contributed by atoms with Gasteiger partial charge in [0.1, 0.15) is 5.82 Å². The van der Waals surface area contributed by atoms with Crippen molar-refractivity contribution in [2.75, 3.05) is 0 Å². The summed E-state index contributed by atoms with van der Waals surface area (Å²) in [6.45, 7) is 2.78. The molecule has 0 unspecified atom stereocenters. The largest absolute Gasteiger partial charge is 0.388 e. The van der Waals surface area contributed by atoms with E-state index in [1.54, 1.807) is 0 Å². The molecule has 3 rings (SSSR count). The molecular formula is C19H23N3O. The first kappa shape index (κ1) is 15.7. The molecule has 0 fully saturated rings. The Bertz CT molecular complexity index is 767. The fourth-order valence-electron chi connectivity index (χ4n) is 2.85. The molecule has 0 aliphatic heterocycles. The third-order valence-electron chi connectivity index (χ3n) is 4.25. The van der Waals surface area contributed by atoms with Gasteiger partial charge in [0.25, 0.3) is 0 Å². The van der Waals surface area contributed by atoms with Gasteiger partial charge in [-0.05, 0) is 31.0 Å². The van der Waals surface area contributed by atoms with Gasteiger partial charge in [-0.25, -0.2) is 4.98 Å². The van der Waals surface area contributed by atoms with Gasteiger partial charge in [-0.15, -0.1) is 0 Å². The van der Waals surface area contributed by atoms with Crippen LogP contribution < -0.4 is 5.32 Å². The zero-order valence-electron chi connectivity index (χ0n) is 13.6. The van der Waals surface area contributed by atoms with E-state index in [4.69, 9.17) is 0 Å². The van der Waals surface area contributed by atoms with Gasteiger partial charge in [-0.2, -0.15) is 0 Å². The van der Waals surface area contributed by atoms with Gasteiger partial charge in [0, 0.05) is 13.1 Å². The van der Waals surface area contributed by atoms with Crippen molar-refractivity contribution in [2.24, 2.45) is 7.05 Å². The maximum Gasteiger partial charge on any atom is 0.123 e. The number of nitrogens with one attached hydrogen (secondary N) is 1. The minimum atomic E-state index is -0.445. The fourth-order valence-corrected chi connectivity index (χ4v) is 2.85. The van der Waals surface area contributed by atoms with Gasteiger partial charge in [-0.3, -0.25) is 0 Å². The summed E-state index contributed by atoms with van der Waals surface area (Å²) in [6.07, 6.45) is 0.229. The first-order valence-corrected chi connectivity index (χ1v) is 8.02. The molecule has 0 saturated heterocycles. The Labute approximate surface area is 136 Å². The highest BCUT2D eigenvalue weighted by molar-refractivity contribution is 5.75. The van der Waals surface area contributed by atoms with E-state index in [-0.39, 0.29) is 6.04 Å². The summed E-state index contributed by atoms with van der Waals surface area (Å²) in [6, 6.07) is 18.1. The van der Waals surface area contributed by atoms with Crippen LogP contribution >= 0.6 is 0 Å². The topological polar surface area (TPSA) is 50.1 Å². The Hall–Kier alpha value is -2.17. The second-order valence-corrected chi connectivity index (χ2v) is 6.02. The van der Waals surface area contributed by atoms with Crippen LogP contribution in [0.5, 0.6) is 0 Å². The Morgan fingerprint density at radius 3 is 2.52 bits per heavy atom. The molecule has 0 bridgehead atoms. The first-order chi connectivity index (χ1) is 11.1. The number of benzene rings is 2. The standard InChI is InChI=1S/C19H23N3O/c1-14(12-18(23)15-8-4-3-5-9-15)20-13-19-21-16-10-6-7-11-17(16)22(19)2/h3-11,14,18,20,23H,12-13H2,1-2H3/t14-,18-/m1/s1. The van der Waals surface area contributed by atoms with E-state index in [2.05, 4.69) is 27.9 Å². The van der Waals surface area contributed by atoms with Gasteiger partial charge in [0.15, 0.2) is 0 Å². The second kappa shape index (κ2) is 6.94. The lowest BCUT2D eigenvalue weighted by molar-refractivity contribution is 0.153. The molecule has 2 N–H and O–H groups in total. The Kier molecular flexibility index (Phi) is 4.74. The number of rotatable bonds is 6. The number of aryl methyl sites for hydroxylation is 1. The van der Waals surface area contributed by atoms with E-state index >= 15 is 0 Å². The highest BCUT2D eigenvalue weighted by Crippen LogP contribution is 2.18. The smallest absolute Gasteiger partial charge is 0.123 e. The first-order valence-electron chi connectivity index (χ1n) is 8.02. The summed E-state index contributed by atoms with van der Waals surface area (Å²) in [5.41, 5.74) is 3.12. The number of fused-ring (bicyclic) bond motifs is 1. The van der Waals surface area contributed by atoms with Crippen LogP contribution in [0.2, 0.25) is 0 Å². The zero-order valence-corrected chi connectivity index (χ0v) is 13.6. The summed E-state index contributed by atoms with van der Waals surface area (Å²) < 4.78 is 2.11. The minimum absolute atomic E-state index is 0.199. The van der Waals surface area contributed by atoms with E-state index in [1.165, 1.54) is 0 Å². The monoisotopic (exact) mass is 309 g/mol. The van der Waals surface area contributed by atoms with Crippen LogP contribution in [0.3, 0.4) is 0 Å². The predicted octanol–water partition coefficient (Wildman–Crippen LogP) is 3.18. The van der Waals surface area contributed by atoms with Crippen molar-refractivity contribution in [3.8, 4) is 0 Å². The SMILES string of the molecule is C[C@H](C[C@@H](O)c1ccccc1)NCc1nc2ccccc2n1C. The highest BCUT2D eigenvalue weighted by Gasteiger charge is 2.13. The molecule has 0 spiro atoms. The average molecular weight is 309 g/mol. The van der Waals surface area contributed by atoms with Crippen LogP contribution in [0.4, 0.5) is 0 Å². The number of hydrogen-bond donors (Lipinski definition) is 2. The molecule has 2 atom stereocenters. The van der Waals surface area contributed by atoms with Crippen molar-refractivity contribution in [2.45, 2.75) is 32.0 Å². The number of imidazole rings is 1. The van der Waals surface area contributed by atoms with Crippen molar-refractivity contribution in [1.82, 2.24) is 14.9 Å². The maximum atomic E-state index is 10.3. The van der Waals surface area contributed by atoms with E-state index in [1.807, 2.05) is 55.6 Å². The molecular weight excluding hydrogens is 286 g/mol. The third-order valence-corrected chi connectivity index (χ3v) is 4.25. The maximum absolute atomic E-state index is 10.3. The van der Waals surface area contributed by atoms with E-state index in [0.717, 1.165) is 22.4 Å². The van der Waals surface area contributed by atoms with Gasteiger partial charge < -0.3 is 15.0 Å². The molecule has 23 heavy (non-hydrogen) atoms. The number of aliphatic hydroxyl groups excluding tert-OH is 1. The van der Waals surface area contributed by atoms with Crippen LogP contribution in [0.25, 0.3) is 11.0 Å². The lowest BCUT2D eigenvalue weighted by Gasteiger charge is -2.18. The lowest BCUT2D eigenvalue weighted by atomic mass is 10.0. The van der Waals surface area contributed by atoms with Crippen molar-refractivity contribution in [1.29, 1.82) is 0 Å². The summed E-state index contributed by atoms with van der Waals surface area (Å²) in [5.74, 6) is 1.01. The Morgan fingerprint density at radius 1 is 1.09 bits per heavy atom. The molecule has 0 aliphatic rings. The van der Waals surface area contributed by atoms with E-state index in [0.29, 0.717) is 13.0 Å². The summed E-state index contributed by atoms with van der Waals surface area (Å²) in [4.78, 5) is 4.66. The van der Waals surface area contributed by atoms with Crippen molar-refractivity contribution in [3.05, 3.63) is 66.0 Å². The molecule has 0 saturated carbocycles. The Morgan fingerprint density at radius 2 is 1.78 bits per heavy atom. The normalized spacial score (nSPS) is 14.0. The number of hydrogen-bond acceptors (Lipinski definition) is 3. The van der Waals surface area contributed by atoms with Crippen LogP contribution in [0, 0.1) is 0 Å². The van der Waals surface area contributed by atoms with Gasteiger partial charge >= 0.3 is 0 Å². The molecule has 0 radical (unpaired) electrons. The van der Waals surface area contributed by atoms with Crippen LogP contribution in [-0.4, -0.2) is 20.7 Å². The van der Waals surface area contributed by atoms with Gasteiger partial charge in [0.05, 0.1) is 23.7 Å². The number of aromatic nitrogens is 2. The van der Waals surface area contributed by atoms with Gasteiger partial charge in [-0.1, -0.05) is 42.5 Å². The van der Waals surface area contributed by atoms with Crippen LogP contribution in [0.1, 0.15) is 30.8 Å². The molecule has 3 aromatic rings. The molecule has 1 heterocycles. The molecule has 0 amide bonds. The van der Waals surface area contributed by atoms with Crippen molar-refractivity contribution < 1.29 is 5.11 Å². The van der Waals surface area contributed by atoms with Gasteiger partial charge in [0.2, 0.25) is 0 Å². The van der Waals surface area contributed by atoms with Crippen LogP contribution in [-0.2, 0) is 13.6 Å². The minimum Gasteiger partial charge on any atom is -0.388 e. The third kappa shape index (κ3) is 3.60. The second-order valence-electron chi connectivity index (χ2n) is 6.02. The molecule has 2 aromatic carbocycles. The molecule has 120 valence electrons. The predicted molar refractivity (Wildman–Crippen MR) is 93.0 cm³/mol. The molecule has 1 aromatic heterocycles.